The molecule has 0 heterocycles. The van der Waals surface area contributed by atoms with Crippen LogP contribution in [-0.4, -0.2) is 12.6 Å². The standard InChI is InChI=1S/C17H27NO/c1-5-11-19-17-9-7-16(8-10-17)13-18-15(4)12-14(3)6-2/h5,7-10,14-15,18H,1,6,11-13H2,2-4H3. The Morgan fingerprint density at radius 3 is 2.53 bits per heavy atom. The zero-order chi connectivity index (χ0) is 14.1. The normalized spacial score (nSPS) is 13.8. The first-order valence-corrected chi connectivity index (χ1v) is 7.21. The third-order valence-corrected chi connectivity index (χ3v) is 3.40. The fraction of sp³-hybridized carbons (Fsp3) is 0.529. The number of ether oxygens (including phenoxy) is 1. The van der Waals surface area contributed by atoms with E-state index in [4.69, 9.17) is 4.74 Å². The maximum atomic E-state index is 5.46. The molecule has 0 saturated carbocycles. The van der Waals surface area contributed by atoms with Gasteiger partial charge in [-0.05, 0) is 37.0 Å². The lowest BCUT2D eigenvalue weighted by molar-refractivity contribution is 0.363. The van der Waals surface area contributed by atoms with Crippen LogP contribution in [0.5, 0.6) is 5.75 Å². The highest BCUT2D eigenvalue weighted by Gasteiger charge is 2.06. The Morgan fingerprint density at radius 2 is 1.95 bits per heavy atom. The predicted molar refractivity (Wildman–Crippen MR) is 82.5 cm³/mol. The van der Waals surface area contributed by atoms with Crippen LogP contribution in [0.4, 0.5) is 0 Å². The molecule has 0 saturated heterocycles. The second-order valence-electron chi connectivity index (χ2n) is 5.27. The molecule has 0 fully saturated rings. The summed E-state index contributed by atoms with van der Waals surface area (Å²) in [5, 5.41) is 3.57. The van der Waals surface area contributed by atoms with E-state index in [1.54, 1.807) is 6.08 Å². The number of nitrogens with one attached hydrogen (secondary N) is 1. The van der Waals surface area contributed by atoms with Gasteiger partial charge >= 0.3 is 0 Å². The van der Waals surface area contributed by atoms with E-state index in [1.165, 1.54) is 18.4 Å². The van der Waals surface area contributed by atoms with E-state index in [0.717, 1.165) is 18.2 Å². The highest BCUT2D eigenvalue weighted by Crippen LogP contribution is 2.13. The predicted octanol–water partition coefficient (Wildman–Crippen LogP) is 4.17. The van der Waals surface area contributed by atoms with Crippen molar-refractivity contribution in [1.82, 2.24) is 5.32 Å². The van der Waals surface area contributed by atoms with Crippen LogP contribution in [0, 0.1) is 5.92 Å². The van der Waals surface area contributed by atoms with Crippen molar-refractivity contribution in [3.8, 4) is 5.75 Å². The maximum Gasteiger partial charge on any atom is 0.119 e. The average Bonchev–Trinajstić information content (AvgIpc) is 2.43. The first kappa shape index (κ1) is 15.8. The van der Waals surface area contributed by atoms with Gasteiger partial charge in [-0.15, -0.1) is 0 Å². The van der Waals surface area contributed by atoms with Crippen LogP contribution >= 0.6 is 0 Å². The van der Waals surface area contributed by atoms with Crippen molar-refractivity contribution in [1.29, 1.82) is 0 Å². The Kier molecular flexibility index (Phi) is 7.27. The fourth-order valence-electron chi connectivity index (χ4n) is 2.00. The molecule has 0 aliphatic heterocycles. The Hall–Kier alpha value is -1.28. The summed E-state index contributed by atoms with van der Waals surface area (Å²) in [5.41, 5.74) is 1.29. The van der Waals surface area contributed by atoms with Crippen molar-refractivity contribution < 1.29 is 4.74 Å². The molecule has 1 rings (SSSR count). The molecule has 2 heteroatoms. The molecule has 1 aromatic carbocycles. The molecular formula is C17H27NO. The van der Waals surface area contributed by atoms with Gasteiger partial charge in [0.25, 0.3) is 0 Å². The van der Waals surface area contributed by atoms with Gasteiger partial charge in [0.15, 0.2) is 0 Å². The highest BCUT2D eigenvalue weighted by atomic mass is 16.5. The van der Waals surface area contributed by atoms with E-state index in [9.17, 15) is 0 Å². The minimum atomic E-state index is 0.559. The number of hydrogen-bond acceptors (Lipinski definition) is 2. The molecule has 0 amide bonds. The molecule has 1 N–H and O–H groups in total. The van der Waals surface area contributed by atoms with Gasteiger partial charge in [0, 0.05) is 12.6 Å². The SMILES string of the molecule is C=CCOc1ccc(CNC(C)CC(C)CC)cc1. The lowest BCUT2D eigenvalue weighted by Gasteiger charge is -2.17. The second kappa shape index (κ2) is 8.76. The zero-order valence-electron chi connectivity index (χ0n) is 12.5. The van der Waals surface area contributed by atoms with Crippen molar-refractivity contribution >= 4 is 0 Å². The van der Waals surface area contributed by atoms with E-state index >= 15 is 0 Å². The van der Waals surface area contributed by atoms with Crippen molar-refractivity contribution in [3.63, 3.8) is 0 Å². The van der Waals surface area contributed by atoms with Crippen molar-refractivity contribution in [3.05, 3.63) is 42.5 Å². The third kappa shape index (κ3) is 6.44. The second-order valence-corrected chi connectivity index (χ2v) is 5.27. The van der Waals surface area contributed by atoms with Gasteiger partial charge in [-0.2, -0.15) is 0 Å². The summed E-state index contributed by atoms with van der Waals surface area (Å²) in [6, 6.07) is 8.81. The van der Waals surface area contributed by atoms with E-state index in [-0.39, 0.29) is 0 Å². The minimum absolute atomic E-state index is 0.559. The summed E-state index contributed by atoms with van der Waals surface area (Å²) in [5.74, 6) is 1.69. The van der Waals surface area contributed by atoms with E-state index in [1.807, 2.05) is 12.1 Å². The summed E-state index contributed by atoms with van der Waals surface area (Å²) in [4.78, 5) is 0. The zero-order valence-corrected chi connectivity index (χ0v) is 12.5. The molecule has 0 spiro atoms. The number of hydrogen-bond donors (Lipinski definition) is 1. The molecular weight excluding hydrogens is 234 g/mol. The molecule has 106 valence electrons. The van der Waals surface area contributed by atoms with Gasteiger partial charge in [0.1, 0.15) is 12.4 Å². The number of benzene rings is 1. The molecule has 0 aliphatic carbocycles. The third-order valence-electron chi connectivity index (χ3n) is 3.40. The van der Waals surface area contributed by atoms with Crippen LogP contribution in [0.2, 0.25) is 0 Å². The molecule has 2 unspecified atom stereocenters. The Bertz CT molecular complexity index is 358. The van der Waals surface area contributed by atoms with Crippen LogP contribution in [-0.2, 0) is 6.54 Å². The van der Waals surface area contributed by atoms with Crippen LogP contribution in [0.15, 0.2) is 36.9 Å². The first-order valence-electron chi connectivity index (χ1n) is 7.21. The molecule has 0 radical (unpaired) electrons. The van der Waals surface area contributed by atoms with Gasteiger partial charge in [-0.3, -0.25) is 0 Å². The van der Waals surface area contributed by atoms with Gasteiger partial charge in [0.2, 0.25) is 0 Å². The van der Waals surface area contributed by atoms with E-state index in [2.05, 4.69) is 44.8 Å². The quantitative estimate of drug-likeness (QED) is 0.674. The minimum Gasteiger partial charge on any atom is -0.490 e. The molecule has 19 heavy (non-hydrogen) atoms. The van der Waals surface area contributed by atoms with Crippen LogP contribution in [0.3, 0.4) is 0 Å². The highest BCUT2D eigenvalue weighted by molar-refractivity contribution is 5.27. The summed E-state index contributed by atoms with van der Waals surface area (Å²) in [7, 11) is 0. The van der Waals surface area contributed by atoms with Crippen molar-refractivity contribution in [2.24, 2.45) is 5.92 Å². The number of rotatable bonds is 9. The smallest absolute Gasteiger partial charge is 0.119 e. The summed E-state index contributed by atoms with van der Waals surface area (Å²) in [6.45, 7) is 11.9. The fourth-order valence-corrected chi connectivity index (χ4v) is 2.00. The topological polar surface area (TPSA) is 21.3 Å². The monoisotopic (exact) mass is 261 g/mol. The van der Waals surface area contributed by atoms with Gasteiger partial charge < -0.3 is 10.1 Å². The lowest BCUT2D eigenvalue weighted by atomic mass is 10.0. The van der Waals surface area contributed by atoms with E-state index in [0.29, 0.717) is 12.6 Å². The van der Waals surface area contributed by atoms with Crippen LogP contribution in [0.25, 0.3) is 0 Å². The summed E-state index contributed by atoms with van der Waals surface area (Å²) >= 11 is 0. The Morgan fingerprint density at radius 1 is 1.26 bits per heavy atom. The van der Waals surface area contributed by atoms with Gasteiger partial charge in [0.05, 0.1) is 0 Å². The maximum absolute atomic E-state index is 5.46. The first-order chi connectivity index (χ1) is 9.15. The molecule has 2 atom stereocenters. The summed E-state index contributed by atoms with van der Waals surface area (Å²) < 4.78 is 5.46. The average molecular weight is 261 g/mol. The summed E-state index contributed by atoms with van der Waals surface area (Å²) in [6.07, 6.45) is 4.24. The van der Waals surface area contributed by atoms with Crippen molar-refractivity contribution in [2.45, 2.75) is 46.2 Å². The van der Waals surface area contributed by atoms with E-state index < -0.39 is 0 Å². The molecule has 1 aromatic rings. The van der Waals surface area contributed by atoms with Gasteiger partial charge in [-0.1, -0.05) is 45.1 Å². The molecule has 2 nitrogen and oxygen atoms in total. The Balaban J connectivity index is 2.34. The lowest BCUT2D eigenvalue weighted by Crippen LogP contribution is -2.27. The molecule has 0 bridgehead atoms. The molecule has 0 aromatic heterocycles. The Labute approximate surface area is 117 Å². The van der Waals surface area contributed by atoms with Crippen LogP contribution < -0.4 is 10.1 Å². The molecule has 0 aliphatic rings. The van der Waals surface area contributed by atoms with Gasteiger partial charge in [-0.25, -0.2) is 0 Å². The van der Waals surface area contributed by atoms with Crippen molar-refractivity contribution in [2.75, 3.05) is 6.61 Å². The largest absolute Gasteiger partial charge is 0.490 e. The van der Waals surface area contributed by atoms with Crippen LogP contribution in [0.1, 0.15) is 39.2 Å².